The molecule has 0 N–H and O–H groups in total. The molecule has 0 radical (unpaired) electrons. The lowest BCUT2D eigenvalue weighted by molar-refractivity contribution is -0.184. The van der Waals surface area contributed by atoms with Crippen LogP contribution in [-0.2, 0) is 23.9 Å². The number of carbonyl (C=O) groups excluding carboxylic acids is 3. The molecule has 0 aromatic heterocycles. The molecule has 160 valence electrons. The van der Waals surface area contributed by atoms with Gasteiger partial charge in [-0.1, -0.05) is 50.7 Å². The third kappa shape index (κ3) is 4.15. The standard InChI is InChI=1S/C24H34O5/c1-24(17-8-4-2-5-9-17,18-10-6-3-7-11-18)29-21(25)15-28-23(27)20-14-16-12-13-19(20)22(16)26/h12-13,16-20H,2-11,14-15H2,1H3. The molecule has 3 atom stereocenters. The Hall–Kier alpha value is -1.65. The maximum absolute atomic E-state index is 12.7. The van der Waals surface area contributed by atoms with E-state index in [1.807, 2.05) is 12.2 Å². The number of esters is 2. The first-order valence-electron chi connectivity index (χ1n) is 11.6. The summed E-state index contributed by atoms with van der Waals surface area (Å²) in [6.07, 6.45) is 16.0. The monoisotopic (exact) mass is 402 g/mol. The largest absolute Gasteiger partial charge is 0.456 e. The van der Waals surface area contributed by atoms with E-state index in [1.54, 1.807) is 0 Å². The molecule has 0 aliphatic heterocycles. The van der Waals surface area contributed by atoms with Gasteiger partial charge in [0.15, 0.2) is 6.61 Å². The van der Waals surface area contributed by atoms with Crippen molar-refractivity contribution in [3.05, 3.63) is 12.2 Å². The fraction of sp³-hybridized carbons (Fsp3) is 0.792. The molecule has 0 heterocycles. The highest BCUT2D eigenvalue weighted by Crippen LogP contribution is 2.45. The molecule has 5 heteroatoms. The van der Waals surface area contributed by atoms with Crippen LogP contribution in [0, 0.1) is 29.6 Å². The van der Waals surface area contributed by atoms with Gasteiger partial charge in [0.05, 0.1) is 5.92 Å². The molecule has 4 rings (SSSR count). The number of fused-ring (bicyclic) bond motifs is 2. The van der Waals surface area contributed by atoms with Crippen LogP contribution in [0.25, 0.3) is 0 Å². The van der Waals surface area contributed by atoms with Crippen LogP contribution in [0.3, 0.4) is 0 Å². The lowest BCUT2D eigenvalue weighted by atomic mass is 9.67. The van der Waals surface area contributed by atoms with Crippen LogP contribution < -0.4 is 0 Å². The molecular weight excluding hydrogens is 368 g/mol. The summed E-state index contributed by atoms with van der Waals surface area (Å²) >= 11 is 0. The van der Waals surface area contributed by atoms with Gasteiger partial charge < -0.3 is 9.47 Å². The summed E-state index contributed by atoms with van der Waals surface area (Å²) in [6, 6.07) is 0. The molecule has 0 aromatic carbocycles. The molecule has 0 saturated heterocycles. The number of hydrogen-bond acceptors (Lipinski definition) is 5. The minimum absolute atomic E-state index is 0.108. The number of allylic oxidation sites excluding steroid dienone is 2. The molecule has 3 unspecified atom stereocenters. The quantitative estimate of drug-likeness (QED) is 0.487. The van der Waals surface area contributed by atoms with Gasteiger partial charge in [0, 0.05) is 11.8 Å². The summed E-state index contributed by atoms with van der Waals surface area (Å²) in [5, 5.41) is 0. The van der Waals surface area contributed by atoms with E-state index in [2.05, 4.69) is 6.92 Å². The number of ether oxygens (including phenoxy) is 2. The first-order valence-corrected chi connectivity index (χ1v) is 11.6. The van der Waals surface area contributed by atoms with Crippen LogP contribution in [0.15, 0.2) is 12.2 Å². The molecule has 3 saturated carbocycles. The molecule has 5 nitrogen and oxygen atoms in total. The third-order valence-corrected chi connectivity index (χ3v) is 7.99. The lowest BCUT2D eigenvalue weighted by Crippen LogP contribution is -2.48. The lowest BCUT2D eigenvalue weighted by Gasteiger charge is -2.46. The number of rotatable bonds is 6. The van der Waals surface area contributed by atoms with Crippen molar-refractivity contribution < 1.29 is 23.9 Å². The Morgan fingerprint density at radius 1 is 0.966 bits per heavy atom. The zero-order chi connectivity index (χ0) is 20.4. The zero-order valence-electron chi connectivity index (χ0n) is 17.6. The molecule has 2 bridgehead atoms. The van der Waals surface area contributed by atoms with E-state index in [0.29, 0.717) is 18.3 Å². The molecule has 0 amide bonds. The minimum Gasteiger partial charge on any atom is -0.456 e. The van der Waals surface area contributed by atoms with E-state index in [9.17, 15) is 14.4 Å². The van der Waals surface area contributed by atoms with E-state index in [4.69, 9.17) is 9.47 Å². The van der Waals surface area contributed by atoms with Gasteiger partial charge in [-0.15, -0.1) is 0 Å². The summed E-state index contributed by atoms with van der Waals surface area (Å²) in [5.41, 5.74) is -0.463. The Morgan fingerprint density at radius 2 is 1.55 bits per heavy atom. The highest BCUT2D eigenvalue weighted by Gasteiger charge is 2.48. The number of hydrogen-bond donors (Lipinski definition) is 0. The van der Waals surface area contributed by atoms with Gasteiger partial charge in [-0.2, -0.15) is 0 Å². The summed E-state index contributed by atoms with van der Waals surface area (Å²) in [6.45, 7) is 1.78. The summed E-state index contributed by atoms with van der Waals surface area (Å²) in [7, 11) is 0. The Morgan fingerprint density at radius 3 is 2.03 bits per heavy atom. The third-order valence-electron chi connectivity index (χ3n) is 7.99. The maximum atomic E-state index is 12.7. The first-order chi connectivity index (χ1) is 14.0. The average Bonchev–Trinajstić information content (AvgIpc) is 3.27. The van der Waals surface area contributed by atoms with E-state index in [-0.39, 0.29) is 24.2 Å². The van der Waals surface area contributed by atoms with Crippen molar-refractivity contribution in [3.8, 4) is 0 Å². The van der Waals surface area contributed by atoms with Crippen molar-refractivity contribution >= 4 is 17.7 Å². The SMILES string of the molecule is CC(OC(=O)COC(=O)C1CC2C=CC1C2=O)(C1CCCCC1)C1CCCCC1. The Labute approximate surface area is 173 Å². The average molecular weight is 403 g/mol. The number of Topliss-reactive ketones (excluding diaryl/α,β-unsaturated/α-hetero) is 1. The van der Waals surface area contributed by atoms with Gasteiger partial charge in [-0.25, -0.2) is 4.79 Å². The fourth-order valence-electron chi connectivity index (χ4n) is 6.24. The van der Waals surface area contributed by atoms with Crippen molar-refractivity contribution in [2.24, 2.45) is 29.6 Å². The summed E-state index contributed by atoms with van der Waals surface area (Å²) < 4.78 is 11.4. The highest BCUT2D eigenvalue weighted by atomic mass is 16.6. The predicted molar refractivity (Wildman–Crippen MR) is 108 cm³/mol. The summed E-state index contributed by atoms with van der Waals surface area (Å²) in [5.74, 6) is -0.931. The van der Waals surface area contributed by atoms with Crippen LogP contribution in [0.4, 0.5) is 0 Å². The Bertz CT molecular complexity index is 651. The molecular formula is C24H34O5. The maximum Gasteiger partial charge on any atom is 0.344 e. The molecule has 4 aliphatic carbocycles. The van der Waals surface area contributed by atoms with Crippen molar-refractivity contribution in [1.82, 2.24) is 0 Å². The fourth-order valence-corrected chi connectivity index (χ4v) is 6.24. The topological polar surface area (TPSA) is 69.7 Å². The smallest absolute Gasteiger partial charge is 0.344 e. The van der Waals surface area contributed by atoms with E-state index >= 15 is 0 Å². The number of carbonyl (C=O) groups is 3. The molecule has 0 aromatic rings. The second-order valence-corrected chi connectivity index (χ2v) is 9.70. The molecule has 29 heavy (non-hydrogen) atoms. The van der Waals surface area contributed by atoms with Gasteiger partial charge in [0.1, 0.15) is 11.4 Å². The van der Waals surface area contributed by atoms with Crippen molar-refractivity contribution in [3.63, 3.8) is 0 Å². The van der Waals surface area contributed by atoms with Crippen LogP contribution in [0.5, 0.6) is 0 Å². The minimum atomic E-state index is -0.463. The van der Waals surface area contributed by atoms with Crippen LogP contribution in [-0.4, -0.2) is 29.9 Å². The van der Waals surface area contributed by atoms with Crippen LogP contribution in [0.2, 0.25) is 0 Å². The van der Waals surface area contributed by atoms with E-state index < -0.39 is 23.5 Å². The van der Waals surface area contributed by atoms with Crippen LogP contribution in [0.1, 0.15) is 77.6 Å². The van der Waals surface area contributed by atoms with E-state index in [1.165, 1.54) is 38.5 Å². The second kappa shape index (κ2) is 8.61. The van der Waals surface area contributed by atoms with Gasteiger partial charge in [-0.05, 0) is 50.9 Å². The number of ketones is 1. The van der Waals surface area contributed by atoms with E-state index in [0.717, 1.165) is 25.7 Å². The van der Waals surface area contributed by atoms with Crippen molar-refractivity contribution in [2.45, 2.75) is 83.2 Å². The summed E-state index contributed by atoms with van der Waals surface area (Å²) in [4.78, 5) is 37.1. The first kappa shape index (κ1) is 20.6. The van der Waals surface area contributed by atoms with Crippen LogP contribution >= 0.6 is 0 Å². The van der Waals surface area contributed by atoms with Gasteiger partial charge in [0.2, 0.25) is 0 Å². The normalized spacial score (nSPS) is 30.5. The molecule has 4 aliphatic rings. The molecule has 0 spiro atoms. The second-order valence-electron chi connectivity index (χ2n) is 9.70. The van der Waals surface area contributed by atoms with Crippen molar-refractivity contribution in [1.29, 1.82) is 0 Å². The van der Waals surface area contributed by atoms with Gasteiger partial charge in [0.25, 0.3) is 0 Å². The van der Waals surface area contributed by atoms with Gasteiger partial charge in [-0.3, -0.25) is 9.59 Å². The van der Waals surface area contributed by atoms with Crippen molar-refractivity contribution in [2.75, 3.05) is 6.61 Å². The predicted octanol–water partition coefficient (Wildman–Crippen LogP) is 4.38. The highest BCUT2D eigenvalue weighted by molar-refractivity contribution is 5.97. The Balaban J connectivity index is 1.35. The Kier molecular flexibility index (Phi) is 6.12. The molecule has 3 fully saturated rings. The van der Waals surface area contributed by atoms with Gasteiger partial charge >= 0.3 is 11.9 Å². The zero-order valence-corrected chi connectivity index (χ0v) is 17.6.